The zero-order valence-corrected chi connectivity index (χ0v) is 11.1. The highest BCUT2D eigenvalue weighted by Gasteiger charge is 2.07. The zero-order chi connectivity index (χ0) is 13.8. The quantitative estimate of drug-likeness (QED) is 0.841. The number of benzene rings is 2. The molecule has 1 nitrogen and oxygen atoms in total. The van der Waals surface area contributed by atoms with Gasteiger partial charge in [0.2, 0.25) is 0 Å². The second-order valence-electron chi connectivity index (χ2n) is 4.83. The molecule has 2 aromatic rings. The first-order valence-electron chi connectivity index (χ1n) is 6.34. The van der Waals surface area contributed by atoms with Crippen molar-refractivity contribution >= 4 is 5.69 Å². The first-order chi connectivity index (χ1) is 9.08. The summed E-state index contributed by atoms with van der Waals surface area (Å²) in [6.45, 7) is 4.47. The van der Waals surface area contributed by atoms with Crippen LogP contribution >= 0.6 is 0 Å². The van der Waals surface area contributed by atoms with Crippen molar-refractivity contribution in [3.63, 3.8) is 0 Å². The van der Waals surface area contributed by atoms with Crippen LogP contribution in [0.15, 0.2) is 42.5 Å². The summed E-state index contributed by atoms with van der Waals surface area (Å²) in [5.41, 5.74) is 2.46. The normalized spacial score (nSPS) is 10.8. The third kappa shape index (κ3) is 3.31. The Hall–Kier alpha value is -1.90. The molecule has 3 heteroatoms. The molecule has 0 fully saturated rings. The lowest BCUT2D eigenvalue weighted by atomic mass is 10.0. The molecule has 0 spiro atoms. The van der Waals surface area contributed by atoms with Crippen molar-refractivity contribution in [3.05, 3.63) is 65.2 Å². The van der Waals surface area contributed by atoms with E-state index in [4.69, 9.17) is 0 Å². The first-order valence-corrected chi connectivity index (χ1v) is 6.34. The molecule has 0 aromatic heterocycles. The summed E-state index contributed by atoms with van der Waals surface area (Å²) in [4.78, 5) is 0. The van der Waals surface area contributed by atoms with Crippen molar-refractivity contribution in [2.45, 2.75) is 26.3 Å². The molecule has 0 aliphatic rings. The first kappa shape index (κ1) is 13.5. The minimum absolute atomic E-state index is 0.271. The Morgan fingerprint density at radius 2 is 1.79 bits per heavy atom. The summed E-state index contributed by atoms with van der Waals surface area (Å²) in [5.74, 6) is -0.438. The van der Waals surface area contributed by atoms with Gasteiger partial charge in [-0.15, -0.1) is 0 Å². The molecule has 2 aromatic carbocycles. The van der Waals surface area contributed by atoms with Gasteiger partial charge in [-0.3, -0.25) is 0 Å². The Bertz CT molecular complexity index is 564. The average molecular weight is 261 g/mol. The zero-order valence-electron chi connectivity index (χ0n) is 11.1. The molecule has 100 valence electrons. The minimum Gasteiger partial charge on any atom is -0.381 e. The summed E-state index contributed by atoms with van der Waals surface area (Å²) >= 11 is 0. The van der Waals surface area contributed by atoms with Gasteiger partial charge in [0.1, 0.15) is 11.6 Å². The lowest BCUT2D eigenvalue weighted by molar-refractivity contribution is 0.587. The third-order valence-corrected chi connectivity index (χ3v) is 3.06. The smallest absolute Gasteiger partial charge is 0.128 e. The van der Waals surface area contributed by atoms with Crippen LogP contribution < -0.4 is 5.32 Å². The summed E-state index contributed by atoms with van der Waals surface area (Å²) in [6, 6.07) is 11.4. The van der Waals surface area contributed by atoms with Gasteiger partial charge in [0.15, 0.2) is 0 Å². The molecular weight excluding hydrogens is 244 g/mol. The maximum absolute atomic E-state index is 13.5. The van der Waals surface area contributed by atoms with Crippen LogP contribution in [0.25, 0.3) is 0 Å². The van der Waals surface area contributed by atoms with Crippen LogP contribution in [0.5, 0.6) is 0 Å². The molecule has 19 heavy (non-hydrogen) atoms. The standard InChI is InChI=1S/C16H17F2N/c1-11(2)14-5-3-4-6-16(14)19-10-12-9-13(17)7-8-15(12)18/h3-9,11,19H,10H2,1-2H3. The molecule has 0 aliphatic heterocycles. The highest BCUT2D eigenvalue weighted by molar-refractivity contribution is 5.52. The Morgan fingerprint density at radius 1 is 1.05 bits per heavy atom. The SMILES string of the molecule is CC(C)c1ccccc1NCc1cc(F)ccc1F. The van der Waals surface area contributed by atoms with E-state index in [1.807, 2.05) is 24.3 Å². The van der Waals surface area contributed by atoms with E-state index in [2.05, 4.69) is 19.2 Å². The van der Waals surface area contributed by atoms with Gasteiger partial charge in [0.05, 0.1) is 0 Å². The summed E-state index contributed by atoms with van der Waals surface area (Å²) in [7, 11) is 0. The molecule has 0 aliphatic carbocycles. The highest BCUT2D eigenvalue weighted by atomic mass is 19.1. The number of hydrogen-bond acceptors (Lipinski definition) is 1. The topological polar surface area (TPSA) is 12.0 Å². The molecule has 0 unspecified atom stereocenters. The fourth-order valence-corrected chi connectivity index (χ4v) is 2.03. The second-order valence-corrected chi connectivity index (χ2v) is 4.83. The van der Waals surface area contributed by atoms with Crippen LogP contribution in [0.2, 0.25) is 0 Å². The molecular formula is C16H17F2N. The van der Waals surface area contributed by atoms with Crippen molar-refractivity contribution in [3.8, 4) is 0 Å². The van der Waals surface area contributed by atoms with E-state index in [9.17, 15) is 8.78 Å². The number of halogens is 2. The molecule has 0 saturated heterocycles. The molecule has 0 radical (unpaired) electrons. The van der Waals surface area contributed by atoms with Crippen molar-refractivity contribution in [1.29, 1.82) is 0 Å². The number of hydrogen-bond donors (Lipinski definition) is 1. The lowest BCUT2D eigenvalue weighted by Gasteiger charge is -2.14. The van der Waals surface area contributed by atoms with Crippen molar-refractivity contribution < 1.29 is 8.78 Å². The van der Waals surface area contributed by atoms with Crippen LogP contribution in [0.4, 0.5) is 14.5 Å². The lowest BCUT2D eigenvalue weighted by Crippen LogP contribution is -2.05. The number of rotatable bonds is 4. The van der Waals surface area contributed by atoms with E-state index in [-0.39, 0.29) is 6.54 Å². The summed E-state index contributed by atoms with van der Waals surface area (Å²) in [5, 5.41) is 3.17. The summed E-state index contributed by atoms with van der Waals surface area (Å²) < 4.78 is 26.6. The van der Waals surface area contributed by atoms with Gasteiger partial charge >= 0.3 is 0 Å². The predicted octanol–water partition coefficient (Wildman–Crippen LogP) is 4.70. The van der Waals surface area contributed by atoms with Gasteiger partial charge in [-0.2, -0.15) is 0 Å². The van der Waals surface area contributed by atoms with Crippen molar-refractivity contribution in [2.24, 2.45) is 0 Å². The van der Waals surface area contributed by atoms with Gasteiger partial charge in [-0.05, 0) is 35.7 Å². The fourth-order valence-electron chi connectivity index (χ4n) is 2.03. The van der Waals surface area contributed by atoms with Crippen LogP contribution in [0.3, 0.4) is 0 Å². The van der Waals surface area contributed by atoms with Crippen LogP contribution in [0, 0.1) is 11.6 Å². The van der Waals surface area contributed by atoms with E-state index >= 15 is 0 Å². The highest BCUT2D eigenvalue weighted by Crippen LogP contribution is 2.24. The Kier molecular flexibility index (Phi) is 4.15. The van der Waals surface area contributed by atoms with Gasteiger partial charge < -0.3 is 5.32 Å². The fraction of sp³-hybridized carbons (Fsp3) is 0.250. The Labute approximate surface area is 112 Å². The molecule has 0 bridgehead atoms. The molecule has 0 amide bonds. The molecule has 0 saturated carbocycles. The largest absolute Gasteiger partial charge is 0.381 e. The molecule has 0 atom stereocenters. The van der Waals surface area contributed by atoms with E-state index < -0.39 is 11.6 Å². The van der Waals surface area contributed by atoms with Gasteiger partial charge in [-0.1, -0.05) is 32.0 Å². The molecule has 2 rings (SSSR count). The minimum atomic E-state index is -0.421. The maximum atomic E-state index is 13.5. The molecule has 0 heterocycles. The average Bonchev–Trinajstić information content (AvgIpc) is 2.40. The van der Waals surface area contributed by atoms with Crippen molar-refractivity contribution in [2.75, 3.05) is 5.32 Å². The number of nitrogens with one attached hydrogen (secondary N) is 1. The monoisotopic (exact) mass is 261 g/mol. The summed E-state index contributed by atoms with van der Waals surface area (Å²) in [6.07, 6.45) is 0. The Morgan fingerprint density at radius 3 is 2.53 bits per heavy atom. The van der Waals surface area contributed by atoms with E-state index in [1.54, 1.807) is 0 Å². The van der Waals surface area contributed by atoms with Crippen LogP contribution in [-0.4, -0.2) is 0 Å². The Balaban J connectivity index is 2.17. The van der Waals surface area contributed by atoms with Gasteiger partial charge in [0, 0.05) is 17.8 Å². The van der Waals surface area contributed by atoms with Crippen LogP contribution in [0.1, 0.15) is 30.9 Å². The van der Waals surface area contributed by atoms with E-state index in [0.29, 0.717) is 11.5 Å². The number of anilines is 1. The second kappa shape index (κ2) is 5.83. The predicted molar refractivity (Wildman–Crippen MR) is 74.2 cm³/mol. The maximum Gasteiger partial charge on any atom is 0.128 e. The van der Waals surface area contributed by atoms with Crippen molar-refractivity contribution in [1.82, 2.24) is 0 Å². The van der Waals surface area contributed by atoms with Crippen LogP contribution in [-0.2, 0) is 6.54 Å². The number of para-hydroxylation sites is 1. The third-order valence-electron chi connectivity index (χ3n) is 3.06. The van der Waals surface area contributed by atoms with Gasteiger partial charge in [0.25, 0.3) is 0 Å². The van der Waals surface area contributed by atoms with E-state index in [1.165, 1.54) is 11.6 Å². The van der Waals surface area contributed by atoms with E-state index in [0.717, 1.165) is 17.8 Å². The van der Waals surface area contributed by atoms with Gasteiger partial charge in [-0.25, -0.2) is 8.78 Å². The molecule has 1 N–H and O–H groups in total.